The van der Waals surface area contributed by atoms with Crippen LogP contribution in [0.3, 0.4) is 0 Å². The molecule has 11 nitrogen and oxygen atoms in total. The smallest absolute Gasteiger partial charge is 0.342 e. The summed E-state index contributed by atoms with van der Waals surface area (Å²) in [5, 5.41) is 14.2. The summed E-state index contributed by atoms with van der Waals surface area (Å²) in [4.78, 5) is 20.8. The first-order valence-electron chi connectivity index (χ1n) is 13.9. The van der Waals surface area contributed by atoms with Crippen LogP contribution in [0.4, 0.5) is 0 Å². The Kier molecular flexibility index (Phi) is 10.6. The van der Waals surface area contributed by atoms with Crippen LogP contribution < -0.4 is 14.8 Å². The molecule has 1 aromatic carbocycles. The molecule has 2 aromatic rings. The number of cyclic esters (lactones) is 1. The minimum absolute atomic E-state index is 0.0613. The van der Waals surface area contributed by atoms with Gasteiger partial charge < -0.3 is 43.8 Å². The maximum Gasteiger partial charge on any atom is 0.342 e. The van der Waals surface area contributed by atoms with Crippen molar-refractivity contribution in [2.45, 2.75) is 70.9 Å². The lowest BCUT2D eigenvalue weighted by Gasteiger charge is -2.23. The number of nitrogens with zero attached hydrogens (tertiary/aromatic N) is 1. The number of rotatable bonds is 9. The number of aromatic nitrogens is 2. The lowest BCUT2D eigenvalue weighted by molar-refractivity contribution is -0.152. The Morgan fingerprint density at radius 3 is 2.78 bits per heavy atom. The van der Waals surface area contributed by atoms with Gasteiger partial charge in [0.15, 0.2) is 12.6 Å². The van der Waals surface area contributed by atoms with E-state index in [1.165, 1.54) is 7.11 Å². The predicted molar refractivity (Wildman–Crippen MR) is 151 cm³/mol. The van der Waals surface area contributed by atoms with Crippen molar-refractivity contribution in [1.29, 1.82) is 0 Å². The van der Waals surface area contributed by atoms with Crippen molar-refractivity contribution in [3.8, 4) is 11.5 Å². The topological polar surface area (TPSA) is 133 Å². The minimum Gasteiger partial charge on any atom is -0.492 e. The first-order valence-corrected chi connectivity index (χ1v) is 13.9. The van der Waals surface area contributed by atoms with E-state index in [9.17, 15) is 9.90 Å². The fourth-order valence-corrected chi connectivity index (χ4v) is 4.68. The summed E-state index contributed by atoms with van der Waals surface area (Å²) in [7, 11) is 1.51. The zero-order valence-corrected chi connectivity index (χ0v) is 24.3. The third-order valence-electron chi connectivity index (χ3n) is 6.91. The van der Waals surface area contributed by atoms with Gasteiger partial charge in [-0.15, -0.1) is 0 Å². The fourth-order valence-electron chi connectivity index (χ4n) is 4.68. The van der Waals surface area contributed by atoms with Gasteiger partial charge in [0.2, 0.25) is 0 Å². The van der Waals surface area contributed by atoms with Crippen LogP contribution in [0.2, 0.25) is 0 Å². The number of H-pyrrole nitrogens is 1. The number of ether oxygens (including phenoxy) is 6. The molecule has 4 unspecified atom stereocenters. The van der Waals surface area contributed by atoms with Gasteiger partial charge in [0.05, 0.1) is 12.6 Å². The lowest BCUT2D eigenvalue weighted by Crippen LogP contribution is -2.34. The maximum absolute atomic E-state index is 13.5. The number of hydrogen-bond donors (Lipinski definition) is 3. The van der Waals surface area contributed by atoms with E-state index >= 15 is 0 Å². The number of hydrogen-bond acceptors (Lipinski definition) is 10. The molecule has 41 heavy (non-hydrogen) atoms. The summed E-state index contributed by atoms with van der Waals surface area (Å²) in [6.45, 7) is 8.86. The zero-order chi connectivity index (χ0) is 29.4. The van der Waals surface area contributed by atoms with E-state index in [0.29, 0.717) is 37.4 Å². The molecule has 0 aliphatic carbocycles. The minimum atomic E-state index is -0.883. The van der Waals surface area contributed by atoms with Gasteiger partial charge in [0.25, 0.3) is 0 Å². The van der Waals surface area contributed by atoms with Crippen LogP contribution in [0, 0.1) is 5.92 Å². The van der Waals surface area contributed by atoms with Gasteiger partial charge in [-0.2, -0.15) is 0 Å². The predicted octanol–water partition coefficient (Wildman–Crippen LogP) is 3.60. The van der Waals surface area contributed by atoms with E-state index < -0.39 is 36.2 Å². The highest BCUT2D eigenvalue weighted by Gasteiger charge is 2.43. The first-order chi connectivity index (χ1) is 19.7. The van der Waals surface area contributed by atoms with Gasteiger partial charge in [-0.25, -0.2) is 9.78 Å². The SMILES string of the molecule is COCOc1cc(OCCNCc2ncc[nH]2)cc2c1C(=O)OC(C)[C@H](C)/C=C\C(O)C1OC(C)(C)OC1CC=C2. The van der Waals surface area contributed by atoms with E-state index in [-0.39, 0.29) is 24.0 Å². The fraction of sp³-hybridized carbons (Fsp3) is 0.533. The molecular formula is C30H41N3O8. The molecule has 224 valence electrons. The molecule has 4 rings (SSSR count). The van der Waals surface area contributed by atoms with Crippen molar-refractivity contribution >= 4 is 12.0 Å². The van der Waals surface area contributed by atoms with Gasteiger partial charge in [-0.05, 0) is 38.8 Å². The molecule has 1 aromatic heterocycles. The number of aliphatic hydroxyl groups is 1. The van der Waals surface area contributed by atoms with Crippen LogP contribution in [-0.4, -0.2) is 78.3 Å². The standard InChI is InChI=1S/C30H41N3O8/c1-19-9-10-23(34)28-24(40-30(3,4)41-28)8-6-7-21-15-22(37-14-13-31-17-26-32-11-12-33-26)16-25(38-18-36-5)27(21)29(35)39-20(19)2/h6-7,9-12,15-16,19-20,23-24,28,31,34H,8,13-14,17-18H2,1-5H3,(H,32,33)/b7-6?,10-9-/t19-,20?,23?,24?,28?/m1/s1. The van der Waals surface area contributed by atoms with Gasteiger partial charge >= 0.3 is 5.97 Å². The second-order valence-corrected chi connectivity index (χ2v) is 10.6. The number of carbonyl (C=O) groups excluding carboxylic acids is 1. The number of methoxy groups -OCH3 is 1. The molecule has 2 aliphatic rings. The van der Waals surface area contributed by atoms with Crippen molar-refractivity contribution in [2.24, 2.45) is 5.92 Å². The Labute approximate surface area is 240 Å². The van der Waals surface area contributed by atoms with Crippen LogP contribution in [0.25, 0.3) is 6.08 Å². The normalized spacial score (nSPS) is 26.9. The summed E-state index contributed by atoms with van der Waals surface area (Å²) in [5.41, 5.74) is 0.826. The van der Waals surface area contributed by atoms with E-state index in [1.54, 1.807) is 30.6 Å². The molecule has 5 atom stereocenters. The van der Waals surface area contributed by atoms with E-state index in [0.717, 1.165) is 5.82 Å². The largest absolute Gasteiger partial charge is 0.492 e. The van der Waals surface area contributed by atoms with Crippen molar-refractivity contribution in [2.75, 3.05) is 27.1 Å². The van der Waals surface area contributed by atoms with Crippen molar-refractivity contribution in [3.05, 3.63) is 59.7 Å². The van der Waals surface area contributed by atoms with Crippen LogP contribution in [0.5, 0.6) is 11.5 Å². The number of carbonyl (C=O) groups is 1. The summed E-state index contributed by atoms with van der Waals surface area (Å²) >= 11 is 0. The number of aromatic amines is 1. The van der Waals surface area contributed by atoms with Crippen LogP contribution >= 0.6 is 0 Å². The molecular weight excluding hydrogens is 530 g/mol. The molecule has 0 radical (unpaired) electrons. The number of nitrogens with one attached hydrogen (secondary N) is 2. The molecule has 0 amide bonds. The second-order valence-electron chi connectivity index (χ2n) is 10.6. The third-order valence-corrected chi connectivity index (χ3v) is 6.91. The zero-order valence-electron chi connectivity index (χ0n) is 24.3. The second kappa shape index (κ2) is 14.1. The quantitative estimate of drug-likeness (QED) is 0.177. The number of esters is 1. The molecule has 0 saturated carbocycles. The third kappa shape index (κ3) is 8.40. The van der Waals surface area contributed by atoms with Gasteiger partial charge in [0.1, 0.15) is 47.8 Å². The Bertz CT molecular complexity index is 1200. The first kappa shape index (κ1) is 30.7. The molecule has 3 heterocycles. The Morgan fingerprint density at radius 1 is 1.20 bits per heavy atom. The van der Waals surface area contributed by atoms with Crippen molar-refractivity contribution in [3.63, 3.8) is 0 Å². The van der Waals surface area contributed by atoms with E-state index in [2.05, 4.69) is 15.3 Å². The Morgan fingerprint density at radius 2 is 2.02 bits per heavy atom. The van der Waals surface area contributed by atoms with Gasteiger partial charge in [-0.1, -0.05) is 31.2 Å². The highest BCUT2D eigenvalue weighted by Crippen LogP contribution is 2.35. The highest BCUT2D eigenvalue weighted by atomic mass is 16.8. The van der Waals surface area contributed by atoms with Crippen LogP contribution in [-0.2, 0) is 25.5 Å². The molecule has 1 fully saturated rings. The van der Waals surface area contributed by atoms with E-state index in [4.69, 9.17) is 28.4 Å². The monoisotopic (exact) mass is 571 g/mol. The molecule has 1 saturated heterocycles. The molecule has 11 heteroatoms. The Balaban J connectivity index is 1.62. The maximum atomic E-state index is 13.5. The summed E-state index contributed by atoms with van der Waals surface area (Å²) < 4.78 is 35.0. The summed E-state index contributed by atoms with van der Waals surface area (Å²) in [6.07, 6.45) is 8.82. The van der Waals surface area contributed by atoms with Crippen LogP contribution in [0.1, 0.15) is 55.9 Å². The summed E-state index contributed by atoms with van der Waals surface area (Å²) in [5.74, 6) is 0.0946. The molecule has 0 spiro atoms. The molecule has 3 N–H and O–H groups in total. The van der Waals surface area contributed by atoms with Crippen molar-refractivity contribution in [1.82, 2.24) is 15.3 Å². The van der Waals surface area contributed by atoms with Crippen molar-refractivity contribution < 1.29 is 38.3 Å². The number of fused-ring (bicyclic) bond motifs is 2. The van der Waals surface area contributed by atoms with Gasteiger partial charge in [0, 0.05) is 38.0 Å². The Hall–Kier alpha value is -3.22. The average molecular weight is 572 g/mol. The number of benzene rings is 1. The lowest BCUT2D eigenvalue weighted by atomic mass is 9.99. The van der Waals surface area contributed by atoms with E-state index in [1.807, 2.05) is 45.9 Å². The van der Waals surface area contributed by atoms with Crippen LogP contribution in [0.15, 0.2) is 42.8 Å². The highest BCUT2D eigenvalue weighted by molar-refractivity contribution is 5.97. The van der Waals surface area contributed by atoms with Gasteiger partial charge in [-0.3, -0.25) is 0 Å². The number of aliphatic hydroxyl groups excluding tert-OH is 1. The molecule has 2 aliphatic heterocycles. The number of imidazole rings is 1. The molecule has 0 bridgehead atoms. The average Bonchev–Trinajstić information content (AvgIpc) is 3.56. The summed E-state index contributed by atoms with van der Waals surface area (Å²) in [6, 6.07) is 3.45.